The Morgan fingerprint density at radius 3 is 2.90 bits per heavy atom. The molecule has 1 aliphatic heterocycles. The van der Waals surface area contributed by atoms with Gasteiger partial charge in [0.25, 0.3) is 0 Å². The first-order chi connectivity index (χ1) is 10.2. The highest BCUT2D eigenvalue weighted by atomic mass is 35.5. The standard InChI is InChI=1S/C14H19ClN2O4/c15-11-7-10(9-17-14(19)16-3-1-4-18)8-12-13(11)21-6-2-5-20-12/h7-8,18H,1-6,9H2,(H2,16,17,19). The Morgan fingerprint density at radius 1 is 1.29 bits per heavy atom. The fourth-order valence-corrected chi connectivity index (χ4v) is 2.20. The third-order valence-electron chi connectivity index (χ3n) is 2.94. The van der Waals surface area contributed by atoms with Crippen molar-refractivity contribution in [3.8, 4) is 11.5 Å². The summed E-state index contributed by atoms with van der Waals surface area (Å²) in [5.74, 6) is 1.17. The summed E-state index contributed by atoms with van der Waals surface area (Å²) in [5, 5.41) is 14.5. The Morgan fingerprint density at radius 2 is 2.10 bits per heavy atom. The molecule has 0 aliphatic carbocycles. The van der Waals surface area contributed by atoms with Crippen LogP contribution in [0.4, 0.5) is 4.79 Å². The van der Waals surface area contributed by atoms with E-state index in [-0.39, 0.29) is 12.6 Å². The predicted octanol–water partition coefficient (Wildman–Crippen LogP) is 1.68. The highest BCUT2D eigenvalue weighted by Crippen LogP contribution is 2.37. The lowest BCUT2D eigenvalue weighted by atomic mass is 10.2. The highest BCUT2D eigenvalue weighted by molar-refractivity contribution is 6.32. The summed E-state index contributed by atoms with van der Waals surface area (Å²) < 4.78 is 11.1. The summed E-state index contributed by atoms with van der Waals surface area (Å²) >= 11 is 6.18. The van der Waals surface area contributed by atoms with Crippen LogP contribution in [0.15, 0.2) is 12.1 Å². The number of fused-ring (bicyclic) bond motifs is 1. The summed E-state index contributed by atoms with van der Waals surface area (Å²) in [6, 6.07) is 3.29. The van der Waals surface area contributed by atoms with Gasteiger partial charge in [-0.3, -0.25) is 0 Å². The van der Waals surface area contributed by atoms with Crippen LogP contribution < -0.4 is 20.1 Å². The van der Waals surface area contributed by atoms with Gasteiger partial charge in [-0.25, -0.2) is 4.79 Å². The van der Waals surface area contributed by atoms with Gasteiger partial charge in [0.1, 0.15) is 0 Å². The van der Waals surface area contributed by atoms with E-state index in [1.807, 2.05) is 6.07 Å². The lowest BCUT2D eigenvalue weighted by molar-refractivity contribution is 0.237. The van der Waals surface area contributed by atoms with Crippen molar-refractivity contribution >= 4 is 17.6 Å². The van der Waals surface area contributed by atoms with Crippen molar-refractivity contribution in [1.82, 2.24) is 10.6 Å². The summed E-state index contributed by atoms with van der Waals surface area (Å²) in [5.41, 5.74) is 0.835. The molecule has 6 nitrogen and oxygen atoms in total. The molecule has 0 spiro atoms. The first-order valence-electron chi connectivity index (χ1n) is 6.91. The summed E-state index contributed by atoms with van der Waals surface area (Å²) in [7, 11) is 0. The SMILES string of the molecule is O=C(NCCCO)NCc1cc(Cl)c2c(c1)OCCCO2. The Bertz CT molecular complexity index is 496. The first kappa shape index (κ1) is 15.7. The topological polar surface area (TPSA) is 79.8 Å². The van der Waals surface area contributed by atoms with E-state index in [0.29, 0.717) is 49.2 Å². The van der Waals surface area contributed by atoms with E-state index in [1.54, 1.807) is 6.07 Å². The molecule has 0 bridgehead atoms. The molecule has 3 N–H and O–H groups in total. The zero-order chi connectivity index (χ0) is 15.1. The van der Waals surface area contributed by atoms with Crippen molar-refractivity contribution in [2.24, 2.45) is 0 Å². The van der Waals surface area contributed by atoms with Crippen LogP contribution in [0.25, 0.3) is 0 Å². The molecule has 1 aromatic rings. The third-order valence-corrected chi connectivity index (χ3v) is 3.22. The molecule has 0 radical (unpaired) electrons. The molecule has 0 aromatic heterocycles. The number of amides is 2. The molecule has 2 amide bonds. The first-order valence-corrected chi connectivity index (χ1v) is 7.29. The molecular weight excluding hydrogens is 296 g/mol. The van der Waals surface area contributed by atoms with Gasteiger partial charge in [-0.05, 0) is 24.1 Å². The average Bonchev–Trinajstić information content (AvgIpc) is 2.71. The number of aliphatic hydroxyl groups excluding tert-OH is 1. The Balaban J connectivity index is 1.93. The van der Waals surface area contributed by atoms with Crippen LogP contribution in [0.5, 0.6) is 11.5 Å². The summed E-state index contributed by atoms with van der Waals surface area (Å²) in [6.45, 7) is 1.99. The largest absolute Gasteiger partial charge is 0.489 e. The van der Waals surface area contributed by atoms with Crippen LogP contribution in [0, 0.1) is 0 Å². The van der Waals surface area contributed by atoms with Crippen LogP contribution in [-0.4, -0.2) is 37.5 Å². The van der Waals surface area contributed by atoms with Crippen LogP contribution >= 0.6 is 11.6 Å². The number of rotatable bonds is 5. The minimum absolute atomic E-state index is 0.0536. The van der Waals surface area contributed by atoms with Crippen molar-refractivity contribution in [3.63, 3.8) is 0 Å². The molecule has 0 unspecified atom stereocenters. The van der Waals surface area contributed by atoms with Crippen molar-refractivity contribution in [2.75, 3.05) is 26.4 Å². The predicted molar refractivity (Wildman–Crippen MR) is 79.0 cm³/mol. The molecule has 0 saturated carbocycles. The van der Waals surface area contributed by atoms with Crippen molar-refractivity contribution in [1.29, 1.82) is 0 Å². The third kappa shape index (κ3) is 4.68. The van der Waals surface area contributed by atoms with Gasteiger partial charge in [-0.15, -0.1) is 0 Å². The van der Waals surface area contributed by atoms with Crippen molar-refractivity contribution in [2.45, 2.75) is 19.4 Å². The molecule has 1 aliphatic rings. The van der Waals surface area contributed by atoms with Crippen LogP contribution in [0.1, 0.15) is 18.4 Å². The molecule has 0 saturated heterocycles. The number of urea groups is 1. The Labute approximate surface area is 128 Å². The zero-order valence-corrected chi connectivity index (χ0v) is 12.4. The molecule has 0 atom stereocenters. The van der Waals surface area contributed by atoms with E-state index >= 15 is 0 Å². The number of halogens is 1. The molecule has 21 heavy (non-hydrogen) atoms. The van der Waals surface area contributed by atoms with Crippen LogP contribution in [0.3, 0.4) is 0 Å². The van der Waals surface area contributed by atoms with Gasteiger partial charge in [-0.2, -0.15) is 0 Å². The Kier molecular flexibility index (Phi) is 5.95. The maximum Gasteiger partial charge on any atom is 0.315 e. The number of aliphatic hydroxyl groups is 1. The number of carbonyl (C=O) groups is 1. The van der Waals surface area contributed by atoms with E-state index in [2.05, 4.69) is 10.6 Å². The highest BCUT2D eigenvalue weighted by Gasteiger charge is 2.15. The maximum atomic E-state index is 11.5. The van der Waals surface area contributed by atoms with E-state index in [1.165, 1.54) is 0 Å². The monoisotopic (exact) mass is 314 g/mol. The molecule has 7 heteroatoms. The van der Waals surface area contributed by atoms with Gasteiger partial charge in [0.15, 0.2) is 11.5 Å². The average molecular weight is 315 g/mol. The Hall–Kier alpha value is -1.66. The number of hydrogen-bond acceptors (Lipinski definition) is 4. The zero-order valence-electron chi connectivity index (χ0n) is 11.7. The minimum atomic E-state index is -0.285. The number of hydrogen-bond donors (Lipinski definition) is 3. The second kappa shape index (κ2) is 7.95. The number of benzene rings is 1. The van der Waals surface area contributed by atoms with E-state index in [4.69, 9.17) is 26.2 Å². The van der Waals surface area contributed by atoms with Gasteiger partial charge in [0.2, 0.25) is 0 Å². The van der Waals surface area contributed by atoms with E-state index in [0.717, 1.165) is 12.0 Å². The van der Waals surface area contributed by atoms with Crippen LogP contribution in [0.2, 0.25) is 5.02 Å². The second-order valence-electron chi connectivity index (χ2n) is 4.64. The van der Waals surface area contributed by atoms with Crippen molar-refractivity contribution < 1.29 is 19.4 Å². The molecule has 1 aromatic carbocycles. The maximum absolute atomic E-state index is 11.5. The smallest absolute Gasteiger partial charge is 0.315 e. The quantitative estimate of drug-likeness (QED) is 0.723. The molecule has 0 fully saturated rings. The minimum Gasteiger partial charge on any atom is -0.489 e. The molecule has 2 rings (SSSR count). The van der Waals surface area contributed by atoms with E-state index < -0.39 is 0 Å². The number of ether oxygens (including phenoxy) is 2. The van der Waals surface area contributed by atoms with Gasteiger partial charge >= 0.3 is 6.03 Å². The van der Waals surface area contributed by atoms with Gasteiger partial charge in [-0.1, -0.05) is 11.6 Å². The molecular formula is C14H19ClN2O4. The fraction of sp³-hybridized carbons (Fsp3) is 0.500. The second-order valence-corrected chi connectivity index (χ2v) is 5.05. The lowest BCUT2D eigenvalue weighted by Gasteiger charge is -2.12. The van der Waals surface area contributed by atoms with Gasteiger partial charge in [0.05, 0.1) is 18.2 Å². The summed E-state index contributed by atoms with van der Waals surface area (Å²) in [6.07, 6.45) is 1.34. The summed E-state index contributed by atoms with van der Waals surface area (Å²) in [4.78, 5) is 11.5. The normalized spacial score (nSPS) is 13.4. The molecule has 116 valence electrons. The number of carbonyl (C=O) groups excluding carboxylic acids is 1. The fourth-order valence-electron chi connectivity index (χ4n) is 1.91. The lowest BCUT2D eigenvalue weighted by Crippen LogP contribution is -2.35. The van der Waals surface area contributed by atoms with Gasteiger partial charge < -0.3 is 25.2 Å². The van der Waals surface area contributed by atoms with Crippen molar-refractivity contribution in [3.05, 3.63) is 22.7 Å². The van der Waals surface area contributed by atoms with Gasteiger partial charge in [0, 0.05) is 26.1 Å². The molecule has 1 heterocycles. The van der Waals surface area contributed by atoms with E-state index in [9.17, 15) is 4.79 Å². The number of nitrogens with one attached hydrogen (secondary N) is 2. The van der Waals surface area contributed by atoms with Crippen LogP contribution in [-0.2, 0) is 6.54 Å².